The van der Waals surface area contributed by atoms with Crippen molar-refractivity contribution in [2.75, 3.05) is 11.4 Å². The van der Waals surface area contributed by atoms with Crippen LogP contribution in [0.3, 0.4) is 0 Å². The normalized spacial score (nSPS) is 14.5. The van der Waals surface area contributed by atoms with E-state index in [9.17, 15) is 22.4 Å². The first kappa shape index (κ1) is 13.6. The first-order chi connectivity index (χ1) is 9.86. The van der Waals surface area contributed by atoms with Gasteiger partial charge in [-0.2, -0.15) is 13.2 Å². The lowest BCUT2D eigenvalue weighted by Crippen LogP contribution is -2.16. The number of fused-ring (bicyclic) bond motifs is 1. The number of carbonyl (C=O) groups excluding carboxylic acids is 1. The highest BCUT2D eigenvalue weighted by atomic mass is 19.4. The highest BCUT2D eigenvalue weighted by molar-refractivity contribution is 6.10. The monoisotopic (exact) mass is 295 g/mol. The Kier molecular flexibility index (Phi) is 2.97. The maximum atomic E-state index is 12.9. The number of hydrogen-bond acceptors (Lipinski definition) is 2. The van der Waals surface area contributed by atoms with Gasteiger partial charge in [0.25, 0.3) is 0 Å². The third-order valence-corrected chi connectivity index (χ3v) is 3.36. The molecule has 1 heterocycles. The largest absolute Gasteiger partial charge is 0.416 e. The van der Waals surface area contributed by atoms with Gasteiger partial charge in [-0.25, -0.2) is 4.39 Å². The molecule has 0 spiro atoms. The summed E-state index contributed by atoms with van der Waals surface area (Å²) in [7, 11) is 0. The Morgan fingerprint density at radius 3 is 2.29 bits per heavy atom. The predicted octanol–water partition coefficient (Wildman–Crippen LogP) is 4.18. The lowest BCUT2D eigenvalue weighted by molar-refractivity contribution is -0.137. The molecule has 21 heavy (non-hydrogen) atoms. The fraction of sp³-hybridized carbons (Fsp3) is 0.133. The van der Waals surface area contributed by atoms with Crippen molar-refractivity contribution in [1.29, 1.82) is 0 Å². The summed E-state index contributed by atoms with van der Waals surface area (Å²) in [5.74, 6) is -0.808. The number of ketones is 1. The zero-order valence-corrected chi connectivity index (χ0v) is 10.6. The van der Waals surface area contributed by atoms with Crippen molar-refractivity contribution in [2.24, 2.45) is 0 Å². The fourth-order valence-corrected chi connectivity index (χ4v) is 2.34. The number of carbonyl (C=O) groups is 1. The Bertz CT molecular complexity index is 707. The van der Waals surface area contributed by atoms with Crippen molar-refractivity contribution in [1.82, 2.24) is 0 Å². The number of anilines is 2. The summed E-state index contributed by atoms with van der Waals surface area (Å²) in [4.78, 5) is 13.5. The molecule has 2 nitrogen and oxygen atoms in total. The molecule has 1 aliphatic rings. The van der Waals surface area contributed by atoms with Crippen LogP contribution in [-0.4, -0.2) is 12.3 Å². The van der Waals surface area contributed by atoms with Gasteiger partial charge < -0.3 is 4.90 Å². The number of hydrogen-bond donors (Lipinski definition) is 0. The minimum atomic E-state index is -4.49. The maximum absolute atomic E-state index is 12.9. The lowest BCUT2D eigenvalue weighted by atomic mass is 10.1. The average Bonchev–Trinajstić information content (AvgIpc) is 2.76. The molecule has 0 unspecified atom stereocenters. The molecule has 0 N–H and O–H groups in total. The van der Waals surface area contributed by atoms with E-state index in [0.29, 0.717) is 11.4 Å². The van der Waals surface area contributed by atoms with E-state index in [2.05, 4.69) is 0 Å². The molecule has 1 aliphatic heterocycles. The van der Waals surface area contributed by atoms with Gasteiger partial charge in [0.2, 0.25) is 0 Å². The van der Waals surface area contributed by atoms with Crippen LogP contribution in [0, 0.1) is 5.82 Å². The number of Topliss-reactive ketones (excluding diaryl/α,β-unsaturated/α-hetero) is 1. The summed E-state index contributed by atoms with van der Waals surface area (Å²) in [5.41, 5.74) is 0.146. The fourth-order valence-electron chi connectivity index (χ4n) is 2.34. The Hall–Kier alpha value is -2.37. The van der Waals surface area contributed by atoms with Crippen LogP contribution >= 0.6 is 0 Å². The molecule has 3 rings (SSSR count). The molecule has 0 aromatic heterocycles. The Morgan fingerprint density at radius 2 is 1.67 bits per heavy atom. The van der Waals surface area contributed by atoms with Crippen LogP contribution < -0.4 is 4.90 Å². The molecule has 108 valence electrons. The zero-order chi connectivity index (χ0) is 15.2. The van der Waals surface area contributed by atoms with Gasteiger partial charge in [-0.15, -0.1) is 0 Å². The van der Waals surface area contributed by atoms with Crippen molar-refractivity contribution >= 4 is 17.2 Å². The van der Waals surface area contributed by atoms with Crippen molar-refractivity contribution in [3.05, 3.63) is 59.4 Å². The van der Waals surface area contributed by atoms with Gasteiger partial charge >= 0.3 is 6.18 Å². The third kappa shape index (κ3) is 2.37. The maximum Gasteiger partial charge on any atom is 0.416 e. The molecule has 0 saturated carbocycles. The van der Waals surface area contributed by atoms with Gasteiger partial charge in [0.1, 0.15) is 5.82 Å². The van der Waals surface area contributed by atoms with E-state index in [-0.39, 0.29) is 17.9 Å². The Balaban J connectivity index is 2.04. The van der Waals surface area contributed by atoms with Crippen LogP contribution in [0.1, 0.15) is 15.9 Å². The number of alkyl halides is 3. The molecular formula is C15H9F4NO. The van der Waals surface area contributed by atoms with E-state index in [0.717, 1.165) is 12.1 Å². The molecule has 0 radical (unpaired) electrons. The molecule has 6 heteroatoms. The minimum absolute atomic E-state index is 0.0362. The second-order valence-corrected chi connectivity index (χ2v) is 4.72. The van der Waals surface area contributed by atoms with E-state index in [4.69, 9.17) is 0 Å². The van der Waals surface area contributed by atoms with Gasteiger partial charge in [-0.1, -0.05) is 0 Å². The van der Waals surface area contributed by atoms with Crippen molar-refractivity contribution in [3.8, 4) is 0 Å². The van der Waals surface area contributed by atoms with Crippen LogP contribution in [0.15, 0.2) is 42.5 Å². The quantitative estimate of drug-likeness (QED) is 0.736. The van der Waals surface area contributed by atoms with E-state index in [1.807, 2.05) is 0 Å². The highest BCUT2D eigenvalue weighted by Crippen LogP contribution is 2.38. The number of halogens is 4. The van der Waals surface area contributed by atoms with Gasteiger partial charge in [0.15, 0.2) is 5.78 Å². The molecule has 0 fully saturated rings. The molecule has 0 saturated heterocycles. The molecule has 2 aromatic carbocycles. The third-order valence-electron chi connectivity index (χ3n) is 3.36. The van der Waals surface area contributed by atoms with E-state index in [1.165, 1.54) is 30.3 Å². The number of benzene rings is 2. The van der Waals surface area contributed by atoms with Crippen LogP contribution in [-0.2, 0) is 6.18 Å². The number of nitrogens with zero attached hydrogens (tertiary/aromatic N) is 1. The van der Waals surface area contributed by atoms with E-state index in [1.54, 1.807) is 4.90 Å². The van der Waals surface area contributed by atoms with Gasteiger partial charge in [0, 0.05) is 11.3 Å². The molecule has 0 aliphatic carbocycles. The average molecular weight is 295 g/mol. The minimum Gasteiger partial charge on any atom is -0.333 e. The second-order valence-electron chi connectivity index (χ2n) is 4.72. The van der Waals surface area contributed by atoms with Gasteiger partial charge in [-0.05, 0) is 42.5 Å². The van der Waals surface area contributed by atoms with Crippen LogP contribution in [0.25, 0.3) is 0 Å². The second kappa shape index (κ2) is 4.58. The first-order valence-electron chi connectivity index (χ1n) is 6.14. The standard InChI is InChI=1S/C15H9F4NO/c16-10-2-4-11(5-3-10)20-8-14(21)12-7-9(15(17,18)19)1-6-13(12)20/h1-7H,8H2. The Labute approximate surface area is 117 Å². The summed E-state index contributed by atoms with van der Waals surface area (Å²) in [6, 6.07) is 8.51. The van der Waals surface area contributed by atoms with Crippen molar-refractivity contribution in [2.45, 2.75) is 6.18 Å². The summed E-state index contributed by atoms with van der Waals surface area (Å²) in [6.07, 6.45) is -4.49. The smallest absolute Gasteiger partial charge is 0.333 e. The summed E-state index contributed by atoms with van der Waals surface area (Å²) < 4.78 is 51.0. The molecule has 2 aromatic rings. The molecule has 0 atom stereocenters. The van der Waals surface area contributed by atoms with Crippen LogP contribution in [0.2, 0.25) is 0 Å². The summed E-state index contributed by atoms with van der Waals surface area (Å²) >= 11 is 0. The summed E-state index contributed by atoms with van der Waals surface area (Å²) in [5, 5.41) is 0. The first-order valence-corrected chi connectivity index (χ1v) is 6.14. The van der Waals surface area contributed by atoms with Gasteiger partial charge in [0.05, 0.1) is 17.8 Å². The molecule has 0 amide bonds. The zero-order valence-electron chi connectivity index (χ0n) is 10.6. The highest BCUT2D eigenvalue weighted by Gasteiger charge is 2.35. The molecule has 0 bridgehead atoms. The summed E-state index contributed by atoms with van der Waals surface area (Å²) in [6.45, 7) is -0.0533. The Morgan fingerprint density at radius 1 is 1.00 bits per heavy atom. The van der Waals surface area contributed by atoms with Crippen molar-refractivity contribution in [3.63, 3.8) is 0 Å². The van der Waals surface area contributed by atoms with Crippen LogP contribution in [0.4, 0.5) is 28.9 Å². The van der Waals surface area contributed by atoms with E-state index < -0.39 is 17.6 Å². The SMILES string of the molecule is O=C1CN(c2ccc(F)cc2)c2ccc(C(F)(F)F)cc21. The van der Waals surface area contributed by atoms with Crippen molar-refractivity contribution < 1.29 is 22.4 Å². The number of rotatable bonds is 1. The van der Waals surface area contributed by atoms with E-state index >= 15 is 0 Å². The van der Waals surface area contributed by atoms with Crippen LogP contribution in [0.5, 0.6) is 0 Å². The lowest BCUT2D eigenvalue weighted by Gasteiger charge is -2.19. The van der Waals surface area contributed by atoms with Gasteiger partial charge in [-0.3, -0.25) is 4.79 Å². The molecular weight excluding hydrogens is 286 g/mol. The predicted molar refractivity (Wildman–Crippen MR) is 69.2 cm³/mol. The topological polar surface area (TPSA) is 20.3 Å².